The summed E-state index contributed by atoms with van der Waals surface area (Å²) >= 11 is 1.27. The minimum absolute atomic E-state index is 0.172. The largest absolute Gasteiger partial charge is 0.382 e. The second kappa shape index (κ2) is 10.4. The lowest BCUT2D eigenvalue weighted by atomic mass is 10.3. The molecule has 0 saturated carbocycles. The van der Waals surface area contributed by atoms with E-state index in [4.69, 9.17) is 15.2 Å². The van der Waals surface area contributed by atoms with E-state index in [9.17, 15) is 4.79 Å². The van der Waals surface area contributed by atoms with E-state index < -0.39 is 0 Å². The number of aromatic nitrogens is 1. The highest BCUT2D eigenvalue weighted by Crippen LogP contribution is 2.24. The lowest BCUT2D eigenvalue weighted by Crippen LogP contribution is -2.24. The molecular weight excluding hydrogens is 292 g/mol. The van der Waals surface area contributed by atoms with Gasteiger partial charge in [-0.3, -0.25) is 4.79 Å². The monoisotopic (exact) mass is 316 g/mol. The average Bonchev–Trinajstić information content (AvgIpc) is 2.83. The second-order valence-corrected chi connectivity index (χ2v) is 5.33. The zero-order chi connectivity index (χ0) is 15.5. The number of nitrogens with one attached hydrogen (secondary N) is 2. The molecule has 1 aromatic rings. The van der Waals surface area contributed by atoms with Crippen LogP contribution in [-0.2, 0) is 9.47 Å². The first-order chi connectivity index (χ1) is 10.2. The highest BCUT2D eigenvalue weighted by Gasteiger charge is 2.15. The van der Waals surface area contributed by atoms with Crippen molar-refractivity contribution in [3.63, 3.8) is 0 Å². The Morgan fingerprint density at radius 3 is 2.86 bits per heavy atom. The van der Waals surface area contributed by atoms with Gasteiger partial charge in [-0.1, -0.05) is 11.3 Å². The van der Waals surface area contributed by atoms with Crippen LogP contribution in [0.3, 0.4) is 0 Å². The summed E-state index contributed by atoms with van der Waals surface area (Å²) in [5.41, 5.74) is 5.74. The number of nitrogens with zero attached hydrogens (tertiary/aromatic N) is 1. The molecule has 1 aromatic heterocycles. The number of anilines is 2. The maximum atomic E-state index is 12.0. The Labute approximate surface area is 129 Å². The number of hydrogen-bond donors (Lipinski definition) is 3. The molecule has 0 radical (unpaired) electrons. The lowest BCUT2D eigenvalue weighted by Gasteiger charge is -2.05. The number of amides is 1. The van der Waals surface area contributed by atoms with Crippen LogP contribution < -0.4 is 16.4 Å². The van der Waals surface area contributed by atoms with Gasteiger partial charge in [-0.25, -0.2) is 4.98 Å². The summed E-state index contributed by atoms with van der Waals surface area (Å²) in [7, 11) is 1.64. The van der Waals surface area contributed by atoms with Crippen molar-refractivity contribution in [2.45, 2.75) is 19.8 Å². The number of methoxy groups -OCH3 is 1. The van der Waals surface area contributed by atoms with Gasteiger partial charge in [0.25, 0.3) is 5.91 Å². The maximum Gasteiger partial charge on any atom is 0.265 e. The fourth-order valence-electron chi connectivity index (χ4n) is 1.58. The van der Waals surface area contributed by atoms with E-state index in [2.05, 4.69) is 15.6 Å². The molecule has 21 heavy (non-hydrogen) atoms. The Hall–Kier alpha value is -1.38. The number of rotatable bonds is 11. The molecule has 1 amide bonds. The summed E-state index contributed by atoms with van der Waals surface area (Å²) in [5, 5.41) is 6.56. The summed E-state index contributed by atoms with van der Waals surface area (Å²) in [5.74, 6) is 0.103. The molecule has 8 heteroatoms. The highest BCUT2D eigenvalue weighted by molar-refractivity contribution is 7.18. The van der Waals surface area contributed by atoms with Crippen LogP contribution in [0.15, 0.2) is 0 Å². The molecule has 7 nitrogen and oxygen atoms in total. The smallest absolute Gasteiger partial charge is 0.265 e. The summed E-state index contributed by atoms with van der Waals surface area (Å²) in [4.78, 5) is 16.5. The van der Waals surface area contributed by atoms with Crippen LogP contribution in [0.5, 0.6) is 0 Å². The molecule has 0 saturated heterocycles. The minimum atomic E-state index is -0.172. The van der Waals surface area contributed by atoms with Gasteiger partial charge in [0, 0.05) is 26.8 Å². The van der Waals surface area contributed by atoms with Crippen molar-refractivity contribution >= 4 is 28.2 Å². The number of carbonyl (C=O) groups excluding carboxylic acids is 1. The summed E-state index contributed by atoms with van der Waals surface area (Å²) in [6.07, 6.45) is 1.75. The van der Waals surface area contributed by atoms with Crippen molar-refractivity contribution in [3.05, 3.63) is 4.88 Å². The molecule has 120 valence electrons. The third-order valence-corrected chi connectivity index (χ3v) is 3.65. The number of carbonyl (C=O) groups is 1. The van der Waals surface area contributed by atoms with Gasteiger partial charge >= 0.3 is 0 Å². The second-order valence-electron chi connectivity index (χ2n) is 4.33. The van der Waals surface area contributed by atoms with E-state index in [1.54, 1.807) is 7.11 Å². The molecule has 0 unspecified atom stereocenters. The lowest BCUT2D eigenvalue weighted by molar-refractivity contribution is 0.0686. The standard InChI is InChI=1S/C13H24N4O3S/c1-3-15-13-17-11(14)10(21-13)12(18)16-6-4-5-7-20-9-8-19-2/h3-9,14H2,1-2H3,(H,15,17)(H,16,18). The molecule has 1 heterocycles. The SMILES string of the molecule is CCNc1nc(N)c(C(=O)NCCCCOCCOC)s1. The van der Waals surface area contributed by atoms with Crippen LogP contribution in [-0.4, -0.2) is 50.9 Å². The Kier molecular flexibility index (Phi) is 8.72. The van der Waals surface area contributed by atoms with E-state index in [0.29, 0.717) is 36.4 Å². The summed E-state index contributed by atoms with van der Waals surface area (Å²) in [6, 6.07) is 0. The van der Waals surface area contributed by atoms with Crippen LogP contribution in [0.2, 0.25) is 0 Å². The van der Waals surface area contributed by atoms with E-state index in [1.165, 1.54) is 11.3 Å². The number of thiazole rings is 1. The molecule has 1 rings (SSSR count). The molecule has 4 N–H and O–H groups in total. The minimum Gasteiger partial charge on any atom is -0.382 e. The van der Waals surface area contributed by atoms with E-state index in [-0.39, 0.29) is 11.7 Å². The zero-order valence-corrected chi connectivity index (χ0v) is 13.4. The van der Waals surface area contributed by atoms with Gasteiger partial charge in [0.1, 0.15) is 10.7 Å². The zero-order valence-electron chi connectivity index (χ0n) is 12.6. The van der Waals surface area contributed by atoms with E-state index in [0.717, 1.165) is 19.4 Å². The quantitative estimate of drug-likeness (QED) is 0.533. The van der Waals surface area contributed by atoms with Gasteiger partial charge in [-0.05, 0) is 19.8 Å². The summed E-state index contributed by atoms with van der Waals surface area (Å²) < 4.78 is 10.2. The van der Waals surface area contributed by atoms with E-state index in [1.807, 2.05) is 6.92 Å². The van der Waals surface area contributed by atoms with Crippen LogP contribution in [0.4, 0.5) is 10.9 Å². The van der Waals surface area contributed by atoms with Crippen LogP contribution in [0.1, 0.15) is 29.4 Å². The Morgan fingerprint density at radius 1 is 1.33 bits per heavy atom. The molecule has 0 aliphatic carbocycles. The number of nitrogens with two attached hydrogens (primary N) is 1. The third kappa shape index (κ3) is 6.74. The Balaban J connectivity index is 2.19. The number of unbranched alkanes of at least 4 members (excludes halogenated alkanes) is 1. The van der Waals surface area contributed by atoms with Crippen molar-refractivity contribution in [3.8, 4) is 0 Å². The molecule has 0 aliphatic rings. The number of ether oxygens (including phenoxy) is 2. The van der Waals surface area contributed by atoms with Crippen molar-refractivity contribution in [2.75, 3.05) is 51.1 Å². The first-order valence-corrected chi connectivity index (χ1v) is 7.85. The van der Waals surface area contributed by atoms with Gasteiger partial charge < -0.3 is 25.8 Å². The fourth-order valence-corrected chi connectivity index (χ4v) is 2.45. The van der Waals surface area contributed by atoms with Crippen LogP contribution in [0.25, 0.3) is 0 Å². The van der Waals surface area contributed by atoms with Gasteiger partial charge in [0.05, 0.1) is 13.2 Å². The molecule has 0 atom stereocenters. The highest BCUT2D eigenvalue weighted by atomic mass is 32.1. The normalized spacial score (nSPS) is 10.6. The Morgan fingerprint density at radius 2 is 2.14 bits per heavy atom. The van der Waals surface area contributed by atoms with Crippen molar-refractivity contribution in [1.29, 1.82) is 0 Å². The van der Waals surface area contributed by atoms with Crippen LogP contribution in [0, 0.1) is 0 Å². The molecule has 0 spiro atoms. The van der Waals surface area contributed by atoms with Crippen molar-refractivity contribution in [2.24, 2.45) is 0 Å². The molecular formula is C13H24N4O3S. The summed E-state index contributed by atoms with van der Waals surface area (Å²) in [6.45, 7) is 5.19. The molecule has 0 aromatic carbocycles. The van der Waals surface area contributed by atoms with Crippen molar-refractivity contribution in [1.82, 2.24) is 10.3 Å². The van der Waals surface area contributed by atoms with Gasteiger partial charge in [0.2, 0.25) is 0 Å². The molecule has 0 aliphatic heterocycles. The van der Waals surface area contributed by atoms with Crippen LogP contribution >= 0.6 is 11.3 Å². The van der Waals surface area contributed by atoms with Gasteiger partial charge in [-0.15, -0.1) is 0 Å². The van der Waals surface area contributed by atoms with Gasteiger partial charge in [-0.2, -0.15) is 0 Å². The predicted molar refractivity (Wildman–Crippen MR) is 85.0 cm³/mol. The van der Waals surface area contributed by atoms with E-state index >= 15 is 0 Å². The fraction of sp³-hybridized carbons (Fsp3) is 0.692. The predicted octanol–water partition coefficient (Wildman–Crippen LogP) is 1.33. The maximum absolute atomic E-state index is 12.0. The number of hydrogen-bond acceptors (Lipinski definition) is 7. The number of nitrogen functional groups attached to an aromatic ring is 1. The Bertz CT molecular complexity index is 426. The van der Waals surface area contributed by atoms with Crippen molar-refractivity contribution < 1.29 is 14.3 Å². The molecule has 0 fully saturated rings. The van der Waals surface area contributed by atoms with Gasteiger partial charge in [0.15, 0.2) is 5.13 Å². The topological polar surface area (TPSA) is 98.5 Å². The first kappa shape index (κ1) is 17.7. The third-order valence-electron chi connectivity index (χ3n) is 2.62. The molecule has 0 bridgehead atoms. The average molecular weight is 316 g/mol. The first-order valence-electron chi connectivity index (χ1n) is 7.04.